The van der Waals surface area contributed by atoms with Gasteiger partial charge in [-0.05, 0) is 74.5 Å². The summed E-state index contributed by atoms with van der Waals surface area (Å²) in [5.74, 6) is 0.625. The van der Waals surface area contributed by atoms with Gasteiger partial charge < -0.3 is 20.3 Å². The maximum Gasteiger partial charge on any atom is 0.416 e. The van der Waals surface area contributed by atoms with Crippen LogP contribution in [0.15, 0.2) is 73.1 Å². The Morgan fingerprint density at radius 1 is 0.974 bits per heavy atom. The first-order chi connectivity index (χ1) is 18.8. The van der Waals surface area contributed by atoms with Crippen molar-refractivity contribution in [1.29, 1.82) is 0 Å². The summed E-state index contributed by atoms with van der Waals surface area (Å²) < 4.78 is 46.2. The molecular formula is C28H26F3N5O3. The van der Waals surface area contributed by atoms with E-state index in [0.29, 0.717) is 28.9 Å². The highest BCUT2D eigenvalue weighted by Crippen LogP contribution is 2.31. The third-order valence-electron chi connectivity index (χ3n) is 6.43. The molecular weight excluding hydrogens is 511 g/mol. The second-order valence-electron chi connectivity index (χ2n) is 9.20. The quantitative estimate of drug-likeness (QED) is 0.313. The summed E-state index contributed by atoms with van der Waals surface area (Å²) in [7, 11) is 0. The number of nitrogens with zero attached hydrogens (tertiary/aromatic N) is 3. The monoisotopic (exact) mass is 537 g/mol. The Morgan fingerprint density at radius 3 is 2.56 bits per heavy atom. The van der Waals surface area contributed by atoms with Gasteiger partial charge in [-0.1, -0.05) is 6.07 Å². The number of carbonyl (C=O) groups is 2. The van der Waals surface area contributed by atoms with Gasteiger partial charge in [-0.2, -0.15) is 13.2 Å². The highest BCUT2D eigenvalue weighted by Gasteiger charge is 2.30. The number of benzene rings is 2. The van der Waals surface area contributed by atoms with Crippen molar-refractivity contribution >= 4 is 28.5 Å². The number of hydrogen-bond acceptors (Lipinski definition) is 5. The molecule has 1 fully saturated rings. The molecule has 8 nitrogen and oxygen atoms in total. The molecule has 0 aliphatic carbocycles. The van der Waals surface area contributed by atoms with Crippen LogP contribution in [0.3, 0.4) is 0 Å². The number of pyridine rings is 1. The van der Waals surface area contributed by atoms with Crippen LogP contribution in [-0.2, 0) is 6.18 Å². The first-order valence-corrected chi connectivity index (χ1v) is 12.5. The fourth-order valence-corrected chi connectivity index (χ4v) is 4.48. The molecule has 0 bridgehead atoms. The predicted octanol–water partition coefficient (Wildman–Crippen LogP) is 5.75. The fourth-order valence-electron chi connectivity index (χ4n) is 4.48. The molecule has 3 heterocycles. The lowest BCUT2D eigenvalue weighted by Gasteiger charge is -2.14. The van der Waals surface area contributed by atoms with Gasteiger partial charge in [0.25, 0.3) is 5.91 Å². The predicted molar refractivity (Wildman–Crippen MR) is 140 cm³/mol. The van der Waals surface area contributed by atoms with E-state index in [1.54, 1.807) is 36.4 Å². The van der Waals surface area contributed by atoms with Gasteiger partial charge in [0.2, 0.25) is 0 Å². The molecule has 2 N–H and O–H groups in total. The Kier molecular flexibility index (Phi) is 7.51. The molecule has 0 saturated carbocycles. The first kappa shape index (κ1) is 26.2. The van der Waals surface area contributed by atoms with Crippen molar-refractivity contribution in [2.45, 2.75) is 19.0 Å². The Bertz CT molecular complexity index is 1500. The van der Waals surface area contributed by atoms with Gasteiger partial charge in [0.1, 0.15) is 17.2 Å². The van der Waals surface area contributed by atoms with Gasteiger partial charge in [-0.25, -0.2) is 4.79 Å². The van der Waals surface area contributed by atoms with Crippen molar-refractivity contribution in [3.05, 3.63) is 84.3 Å². The summed E-state index contributed by atoms with van der Waals surface area (Å²) in [6, 6.07) is 13.8. The lowest BCUT2D eigenvalue weighted by atomic mass is 10.2. The molecule has 202 valence electrons. The van der Waals surface area contributed by atoms with E-state index in [9.17, 15) is 22.8 Å². The van der Waals surface area contributed by atoms with Crippen molar-refractivity contribution in [3.8, 4) is 11.5 Å². The van der Waals surface area contributed by atoms with E-state index in [-0.39, 0.29) is 17.3 Å². The number of fused-ring (bicyclic) bond motifs is 1. The van der Waals surface area contributed by atoms with Crippen LogP contribution in [0.1, 0.15) is 28.9 Å². The lowest BCUT2D eigenvalue weighted by molar-refractivity contribution is -0.137. The van der Waals surface area contributed by atoms with Crippen molar-refractivity contribution < 1.29 is 27.5 Å². The van der Waals surface area contributed by atoms with Crippen LogP contribution in [0.25, 0.3) is 10.9 Å². The van der Waals surface area contributed by atoms with Crippen LogP contribution in [0, 0.1) is 0 Å². The maximum absolute atomic E-state index is 13.0. The van der Waals surface area contributed by atoms with Gasteiger partial charge in [0.15, 0.2) is 0 Å². The number of alkyl halides is 3. The minimum absolute atomic E-state index is 0.0326. The van der Waals surface area contributed by atoms with Crippen LogP contribution in [0.2, 0.25) is 0 Å². The molecule has 2 aromatic heterocycles. The largest absolute Gasteiger partial charge is 0.457 e. The third kappa shape index (κ3) is 6.37. The van der Waals surface area contributed by atoms with Crippen molar-refractivity contribution in [2.24, 2.45) is 0 Å². The number of rotatable bonds is 7. The number of hydrogen-bond donors (Lipinski definition) is 2. The van der Waals surface area contributed by atoms with Crippen LogP contribution in [-0.4, -0.2) is 52.6 Å². The summed E-state index contributed by atoms with van der Waals surface area (Å²) >= 11 is 0. The minimum atomic E-state index is -4.51. The molecule has 1 aliphatic heterocycles. The van der Waals surface area contributed by atoms with Crippen molar-refractivity contribution in [1.82, 2.24) is 19.8 Å². The highest BCUT2D eigenvalue weighted by atomic mass is 19.4. The number of halogens is 3. The van der Waals surface area contributed by atoms with E-state index < -0.39 is 17.8 Å². The van der Waals surface area contributed by atoms with Crippen LogP contribution in [0.5, 0.6) is 11.5 Å². The molecule has 2 amide bonds. The zero-order chi connectivity index (χ0) is 27.4. The second-order valence-corrected chi connectivity index (χ2v) is 9.20. The number of aromatic nitrogens is 2. The summed E-state index contributed by atoms with van der Waals surface area (Å²) in [4.78, 5) is 31.7. The molecule has 11 heteroatoms. The lowest BCUT2D eigenvalue weighted by Crippen LogP contribution is -2.33. The molecule has 0 radical (unpaired) electrons. The van der Waals surface area contributed by atoms with E-state index >= 15 is 0 Å². The average molecular weight is 538 g/mol. The van der Waals surface area contributed by atoms with Crippen LogP contribution >= 0.6 is 0 Å². The van der Waals surface area contributed by atoms with E-state index in [1.807, 2.05) is 0 Å². The topological polar surface area (TPSA) is 88.5 Å². The minimum Gasteiger partial charge on any atom is -0.457 e. The van der Waals surface area contributed by atoms with Gasteiger partial charge in [-0.15, -0.1) is 0 Å². The zero-order valence-corrected chi connectivity index (χ0v) is 20.9. The first-order valence-electron chi connectivity index (χ1n) is 12.5. The maximum atomic E-state index is 13.0. The molecule has 39 heavy (non-hydrogen) atoms. The van der Waals surface area contributed by atoms with Gasteiger partial charge in [0.05, 0.1) is 11.1 Å². The molecule has 1 saturated heterocycles. The number of amides is 2. The van der Waals surface area contributed by atoms with Crippen molar-refractivity contribution in [2.75, 3.05) is 31.5 Å². The Morgan fingerprint density at radius 2 is 1.77 bits per heavy atom. The van der Waals surface area contributed by atoms with E-state index in [4.69, 9.17) is 4.74 Å². The number of carbonyl (C=O) groups excluding carboxylic acids is 2. The summed E-state index contributed by atoms with van der Waals surface area (Å²) in [6.07, 6.45) is 0.896. The molecule has 2 aromatic carbocycles. The Labute approximate surface area is 222 Å². The van der Waals surface area contributed by atoms with Gasteiger partial charge in [-0.3, -0.25) is 14.3 Å². The van der Waals surface area contributed by atoms with E-state index in [1.165, 1.54) is 41.9 Å². The molecule has 4 aromatic rings. The SMILES string of the molecule is O=C(NCCN1CCCC1)c1cc(Oc2ccc3c(ccn3C(=O)Nc3cccc(C(F)(F)F)c3)c2)ccn1. The molecule has 0 spiro atoms. The summed E-state index contributed by atoms with van der Waals surface area (Å²) in [5, 5.41) is 6.06. The van der Waals surface area contributed by atoms with E-state index in [2.05, 4.69) is 20.5 Å². The van der Waals surface area contributed by atoms with E-state index in [0.717, 1.165) is 31.8 Å². The average Bonchev–Trinajstić information content (AvgIpc) is 3.58. The Hall–Kier alpha value is -4.38. The third-order valence-corrected chi connectivity index (χ3v) is 6.43. The fraction of sp³-hybridized carbons (Fsp3) is 0.250. The number of anilines is 1. The highest BCUT2D eigenvalue weighted by molar-refractivity contribution is 5.99. The number of nitrogens with one attached hydrogen (secondary N) is 2. The van der Waals surface area contributed by atoms with Crippen molar-refractivity contribution in [3.63, 3.8) is 0 Å². The standard InChI is InChI=1S/C28H26F3N5O3/c29-28(30,31)20-4-3-5-21(17-20)34-27(38)36-14-9-19-16-22(6-7-25(19)36)39-23-8-10-32-24(18-23)26(37)33-11-15-35-12-1-2-13-35/h3-10,14,16-18H,1-2,11-13,15H2,(H,33,37)(H,34,38). The number of ether oxygens (including phenoxy) is 1. The normalized spacial score (nSPS) is 13.9. The number of likely N-dealkylation sites (tertiary alicyclic amines) is 1. The summed E-state index contributed by atoms with van der Waals surface area (Å²) in [6.45, 7) is 3.47. The smallest absolute Gasteiger partial charge is 0.416 e. The van der Waals surface area contributed by atoms with Crippen LogP contribution < -0.4 is 15.4 Å². The van der Waals surface area contributed by atoms with Crippen LogP contribution in [0.4, 0.5) is 23.7 Å². The zero-order valence-electron chi connectivity index (χ0n) is 20.9. The summed E-state index contributed by atoms with van der Waals surface area (Å²) in [5.41, 5.74) is -0.0319. The molecule has 1 aliphatic rings. The molecule has 0 unspecified atom stereocenters. The van der Waals surface area contributed by atoms with Gasteiger partial charge in [0, 0.05) is 42.6 Å². The molecule has 0 atom stereocenters. The molecule has 5 rings (SSSR count). The van der Waals surface area contributed by atoms with Gasteiger partial charge >= 0.3 is 12.2 Å². The second kappa shape index (κ2) is 11.2. The Balaban J connectivity index is 1.23.